The van der Waals surface area contributed by atoms with E-state index in [4.69, 9.17) is 10.6 Å². The Morgan fingerprint density at radius 3 is 2.53 bits per heavy atom. The van der Waals surface area contributed by atoms with Gasteiger partial charge < -0.3 is 15.5 Å². The molecule has 0 unspecified atom stereocenters. The van der Waals surface area contributed by atoms with Crippen molar-refractivity contribution in [3.05, 3.63) is 59.7 Å². The third-order valence-corrected chi connectivity index (χ3v) is 6.18. The van der Waals surface area contributed by atoms with Crippen LogP contribution in [0.15, 0.2) is 53.5 Å². The molecule has 1 atom stereocenters. The van der Waals surface area contributed by atoms with E-state index in [0.717, 1.165) is 6.42 Å². The van der Waals surface area contributed by atoms with Crippen LogP contribution in [0.2, 0.25) is 0 Å². The summed E-state index contributed by atoms with van der Waals surface area (Å²) in [5, 5.41) is 2.79. The first kappa shape index (κ1) is 27.0. The smallest absolute Gasteiger partial charge is 0.324 e. The number of aliphatic imine (C=N–C) groups is 1. The van der Waals surface area contributed by atoms with E-state index in [1.165, 1.54) is 6.34 Å². The van der Waals surface area contributed by atoms with Crippen molar-refractivity contribution in [2.75, 3.05) is 17.7 Å². The topological polar surface area (TPSA) is 152 Å². The van der Waals surface area contributed by atoms with Crippen LogP contribution in [-0.4, -0.2) is 45.0 Å². The molecule has 0 saturated heterocycles. The van der Waals surface area contributed by atoms with Crippen LogP contribution in [0.4, 0.5) is 11.4 Å². The third kappa shape index (κ3) is 8.93. The number of carbonyl (C=O) groups excluding carboxylic acids is 2. The minimum atomic E-state index is -3.62. The zero-order valence-electron chi connectivity index (χ0n) is 19.3. The van der Waals surface area contributed by atoms with Crippen molar-refractivity contribution in [3.63, 3.8) is 0 Å². The number of hydrogen-bond donors (Lipinski definition) is 4. The molecule has 0 bridgehead atoms. The Hall–Kier alpha value is -3.28. The summed E-state index contributed by atoms with van der Waals surface area (Å²) in [5.74, 6) is 4.15. The van der Waals surface area contributed by atoms with Crippen LogP contribution < -0.4 is 21.3 Å². The van der Waals surface area contributed by atoms with Crippen molar-refractivity contribution >= 4 is 39.6 Å². The molecule has 0 fully saturated rings. The Bertz CT molecular complexity index is 1090. The van der Waals surface area contributed by atoms with Crippen LogP contribution in [-0.2, 0) is 26.0 Å². The standard InChI is InChI=1S/C23H31N5O5S/c1-3-5-13-34(31,32)28-21(23(30)33-4-2)14-17-9-11-19(12-10-17)27-22(29)18-7-6-8-20(15-18)25-16-26-24/h6-12,15-16,21,28H,3-5,13-14,24H2,1-2H3,(H,25,26)(H,27,29)/t21-/m0/s1. The molecule has 0 saturated carbocycles. The molecule has 34 heavy (non-hydrogen) atoms. The summed E-state index contributed by atoms with van der Waals surface area (Å²) in [6.45, 7) is 3.70. The lowest BCUT2D eigenvalue weighted by Gasteiger charge is -2.18. The number of rotatable bonds is 13. The van der Waals surface area contributed by atoms with E-state index < -0.39 is 22.0 Å². The maximum atomic E-state index is 12.6. The number of nitrogens with one attached hydrogen (secondary N) is 3. The van der Waals surface area contributed by atoms with E-state index in [9.17, 15) is 18.0 Å². The Balaban J connectivity index is 2.08. The van der Waals surface area contributed by atoms with Crippen LogP contribution in [0.1, 0.15) is 42.6 Å². The number of carbonyl (C=O) groups is 2. The number of hydrogen-bond acceptors (Lipinski definition) is 7. The molecular formula is C23H31N5O5S. The average molecular weight is 490 g/mol. The van der Waals surface area contributed by atoms with Crippen molar-refractivity contribution in [3.8, 4) is 0 Å². The molecule has 0 aromatic heterocycles. The summed E-state index contributed by atoms with van der Waals surface area (Å²) < 4.78 is 32.1. The maximum Gasteiger partial charge on any atom is 0.324 e. The molecule has 2 aromatic rings. The summed E-state index contributed by atoms with van der Waals surface area (Å²) >= 11 is 0. The third-order valence-electron chi connectivity index (χ3n) is 4.71. The van der Waals surface area contributed by atoms with E-state index in [-0.39, 0.29) is 24.7 Å². The van der Waals surface area contributed by atoms with Gasteiger partial charge in [0.05, 0.1) is 18.0 Å². The Labute approximate surface area is 200 Å². The molecule has 5 N–H and O–H groups in total. The second kappa shape index (κ2) is 13.4. The number of amides is 1. The molecule has 11 heteroatoms. The fourth-order valence-electron chi connectivity index (χ4n) is 3.03. The van der Waals surface area contributed by atoms with Gasteiger partial charge in [0, 0.05) is 11.3 Å². The predicted molar refractivity (Wildman–Crippen MR) is 132 cm³/mol. The van der Waals surface area contributed by atoms with E-state index in [1.54, 1.807) is 55.5 Å². The molecule has 0 aliphatic heterocycles. The highest BCUT2D eigenvalue weighted by Crippen LogP contribution is 2.17. The van der Waals surface area contributed by atoms with Gasteiger partial charge in [0.2, 0.25) is 10.0 Å². The Kier molecular flexibility index (Phi) is 10.7. The fourth-order valence-corrected chi connectivity index (χ4v) is 4.43. The molecule has 0 radical (unpaired) electrons. The summed E-state index contributed by atoms with van der Waals surface area (Å²) in [6.07, 6.45) is 2.65. The molecule has 0 aliphatic carbocycles. The second-order valence-corrected chi connectivity index (χ2v) is 9.30. The first-order valence-corrected chi connectivity index (χ1v) is 12.6. The molecular weight excluding hydrogens is 458 g/mol. The minimum Gasteiger partial charge on any atom is -0.465 e. The fraction of sp³-hybridized carbons (Fsp3) is 0.348. The van der Waals surface area contributed by atoms with E-state index in [0.29, 0.717) is 28.9 Å². The predicted octanol–water partition coefficient (Wildman–Crippen LogP) is 2.26. The van der Waals surface area contributed by atoms with Gasteiger partial charge in [0.25, 0.3) is 5.91 Å². The van der Waals surface area contributed by atoms with Gasteiger partial charge in [0.1, 0.15) is 12.4 Å². The number of unbranched alkanes of at least 4 members (excludes halogenated alkanes) is 1. The number of hydrazine groups is 1. The lowest BCUT2D eigenvalue weighted by molar-refractivity contribution is -0.145. The van der Waals surface area contributed by atoms with Crippen LogP contribution in [0, 0.1) is 0 Å². The SMILES string of the molecule is CCCCS(=O)(=O)N[C@@H](Cc1ccc(NC(=O)c2cccc(N=CNN)c2)cc1)C(=O)OCC. The summed E-state index contributed by atoms with van der Waals surface area (Å²) in [4.78, 5) is 29.0. The first-order chi connectivity index (χ1) is 16.3. The highest BCUT2D eigenvalue weighted by molar-refractivity contribution is 7.89. The largest absolute Gasteiger partial charge is 0.465 e. The van der Waals surface area contributed by atoms with Gasteiger partial charge in [-0.05, 0) is 55.7 Å². The number of nitrogens with two attached hydrogens (primary N) is 1. The quantitative estimate of drug-likeness (QED) is 0.111. The number of esters is 1. The van der Waals surface area contributed by atoms with Crippen molar-refractivity contribution in [2.24, 2.45) is 10.8 Å². The van der Waals surface area contributed by atoms with Crippen LogP contribution in [0.25, 0.3) is 0 Å². The Morgan fingerprint density at radius 1 is 1.15 bits per heavy atom. The average Bonchev–Trinajstić information content (AvgIpc) is 2.82. The van der Waals surface area contributed by atoms with Crippen molar-refractivity contribution in [1.29, 1.82) is 0 Å². The lowest BCUT2D eigenvalue weighted by atomic mass is 10.1. The molecule has 0 aliphatic rings. The van der Waals surface area contributed by atoms with Gasteiger partial charge in [-0.15, -0.1) is 0 Å². The molecule has 2 rings (SSSR count). The number of benzene rings is 2. The Morgan fingerprint density at radius 2 is 1.88 bits per heavy atom. The van der Waals surface area contributed by atoms with E-state index in [2.05, 4.69) is 20.5 Å². The summed E-state index contributed by atoms with van der Waals surface area (Å²) in [7, 11) is -3.62. The lowest BCUT2D eigenvalue weighted by Crippen LogP contribution is -2.44. The summed E-state index contributed by atoms with van der Waals surface area (Å²) in [5.41, 5.74) is 4.53. The van der Waals surface area contributed by atoms with Gasteiger partial charge in [-0.2, -0.15) is 0 Å². The zero-order valence-corrected chi connectivity index (χ0v) is 20.1. The van der Waals surface area contributed by atoms with Gasteiger partial charge in [-0.3, -0.25) is 9.59 Å². The monoisotopic (exact) mass is 489 g/mol. The zero-order chi connectivity index (χ0) is 25.0. The highest BCUT2D eigenvalue weighted by Gasteiger charge is 2.25. The number of anilines is 1. The maximum absolute atomic E-state index is 12.6. The molecule has 0 heterocycles. The van der Waals surface area contributed by atoms with Crippen molar-refractivity contribution < 1.29 is 22.7 Å². The van der Waals surface area contributed by atoms with E-state index >= 15 is 0 Å². The van der Waals surface area contributed by atoms with E-state index in [1.807, 2.05) is 6.92 Å². The minimum absolute atomic E-state index is 0.0559. The number of sulfonamides is 1. The second-order valence-electron chi connectivity index (χ2n) is 7.43. The van der Waals surface area contributed by atoms with Gasteiger partial charge >= 0.3 is 5.97 Å². The molecule has 10 nitrogen and oxygen atoms in total. The number of nitrogens with zero attached hydrogens (tertiary/aromatic N) is 1. The van der Waals surface area contributed by atoms with Crippen LogP contribution in [0.3, 0.4) is 0 Å². The van der Waals surface area contributed by atoms with Gasteiger partial charge in [-0.25, -0.2) is 24.0 Å². The van der Waals surface area contributed by atoms with Crippen LogP contribution >= 0.6 is 0 Å². The van der Waals surface area contributed by atoms with Crippen LogP contribution in [0.5, 0.6) is 0 Å². The molecule has 184 valence electrons. The molecule has 2 aromatic carbocycles. The normalized spacial score (nSPS) is 12.3. The summed E-state index contributed by atoms with van der Waals surface area (Å²) in [6, 6.07) is 12.5. The van der Waals surface area contributed by atoms with Crippen molar-refractivity contribution in [2.45, 2.75) is 39.2 Å². The highest BCUT2D eigenvalue weighted by atomic mass is 32.2. The van der Waals surface area contributed by atoms with Gasteiger partial charge in [-0.1, -0.05) is 31.5 Å². The molecule has 1 amide bonds. The van der Waals surface area contributed by atoms with Crippen molar-refractivity contribution in [1.82, 2.24) is 10.1 Å². The van der Waals surface area contributed by atoms with Gasteiger partial charge in [0.15, 0.2) is 0 Å². The number of ether oxygens (including phenoxy) is 1. The molecule has 0 spiro atoms. The first-order valence-electron chi connectivity index (χ1n) is 10.9.